The molecular formula is C15H18N2O3. The highest BCUT2D eigenvalue weighted by molar-refractivity contribution is 6.04. The number of amides is 3. The van der Waals surface area contributed by atoms with Gasteiger partial charge >= 0.3 is 0 Å². The van der Waals surface area contributed by atoms with Crippen molar-refractivity contribution in [1.82, 2.24) is 10.2 Å². The zero-order valence-corrected chi connectivity index (χ0v) is 11.7. The Morgan fingerprint density at radius 2 is 2.05 bits per heavy atom. The SMILES string of the molecule is CCC1C(=O)NC(=O)CN1C(=O)Cc1ccccc1C. The molecule has 1 saturated heterocycles. The summed E-state index contributed by atoms with van der Waals surface area (Å²) in [6, 6.07) is 7.06. The van der Waals surface area contributed by atoms with Gasteiger partial charge in [0.15, 0.2) is 0 Å². The first-order chi connectivity index (χ1) is 9.52. The van der Waals surface area contributed by atoms with Gasteiger partial charge in [0.25, 0.3) is 0 Å². The minimum absolute atomic E-state index is 0.0467. The Balaban J connectivity index is 2.16. The van der Waals surface area contributed by atoms with Crippen molar-refractivity contribution in [2.45, 2.75) is 32.7 Å². The molecule has 1 aromatic rings. The fourth-order valence-electron chi connectivity index (χ4n) is 2.41. The van der Waals surface area contributed by atoms with Gasteiger partial charge in [0.2, 0.25) is 17.7 Å². The van der Waals surface area contributed by atoms with Crippen LogP contribution in [-0.4, -0.2) is 35.2 Å². The van der Waals surface area contributed by atoms with Gasteiger partial charge in [-0.3, -0.25) is 19.7 Å². The lowest BCUT2D eigenvalue weighted by molar-refractivity contribution is -0.149. The zero-order valence-electron chi connectivity index (χ0n) is 11.7. The number of hydrogen-bond acceptors (Lipinski definition) is 3. The Labute approximate surface area is 118 Å². The number of rotatable bonds is 3. The first kappa shape index (κ1) is 14.2. The fourth-order valence-corrected chi connectivity index (χ4v) is 2.41. The number of benzene rings is 1. The van der Waals surface area contributed by atoms with E-state index >= 15 is 0 Å². The molecule has 5 heteroatoms. The van der Waals surface area contributed by atoms with E-state index in [0.29, 0.717) is 6.42 Å². The topological polar surface area (TPSA) is 66.5 Å². The second kappa shape index (κ2) is 5.86. The summed E-state index contributed by atoms with van der Waals surface area (Å²) < 4.78 is 0. The van der Waals surface area contributed by atoms with Crippen LogP contribution in [0.4, 0.5) is 0 Å². The van der Waals surface area contributed by atoms with Crippen molar-refractivity contribution >= 4 is 17.7 Å². The van der Waals surface area contributed by atoms with E-state index in [4.69, 9.17) is 0 Å². The van der Waals surface area contributed by atoms with Gasteiger partial charge in [0.05, 0.1) is 6.42 Å². The second-order valence-electron chi connectivity index (χ2n) is 4.96. The van der Waals surface area contributed by atoms with E-state index in [1.807, 2.05) is 38.1 Å². The summed E-state index contributed by atoms with van der Waals surface area (Å²) in [5, 5.41) is 2.27. The standard InChI is InChI=1S/C15H18N2O3/c1-3-12-15(20)16-13(18)9-17(12)14(19)8-11-7-5-4-6-10(11)2/h4-7,12H,3,8-9H2,1-2H3,(H,16,18,20). The average Bonchev–Trinajstić information content (AvgIpc) is 2.40. The lowest BCUT2D eigenvalue weighted by Crippen LogP contribution is -2.59. The van der Waals surface area contributed by atoms with Crippen LogP contribution in [0.2, 0.25) is 0 Å². The molecule has 1 atom stereocenters. The fraction of sp³-hybridized carbons (Fsp3) is 0.400. The monoisotopic (exact) mass is 274 g/mol. The Morgan fingerprint density at radius 1 is 1.35 bits per heavy atom. The summed E-state index contributed by atoms with van der Waals surface area (Å²) in [7, 11) is 0. The summed E-state index contributed by atoms with van der Waals surface area (Å²) in [4.78, 5) is 36.9. The van der Waals surface area contributed by atoms with Crippen molar-refractivity contribution in [2.75, 3.05) is 6.54 Å². The molecule has 0 spiro atoms. The van der Waals surface area contributed by atoms with Crippen molar-refractivity contribution in [2.24, 2.45) is 0 Å². The molecule has 0 bridgehead atoms. The van der Waals surface area contributed by atoms with Crippen LogP contribution >= 0.6 is 0 Å². The molecule has 1 aliphatic rings. The van der Waals surface area contributed by atoms with Crippen LogP contribution in [0.15, 0.2) is 24.3 Å². The highest BCUT2D eigenvalue weighted by Crippen LogP contribution is 2.14. The van der Waals surface area contributed by atoms with E-state index in [1.165, 1.54) is 4.90 Å². The Kier molecular flexibility index (Phi) is 4.17. The van der Waals surface area contributed by atoms with Gasteiger partial charge in [-0.15, -0.1) is 0 Å². The first-order valence-corrected chi connectivity index (χ1v) is 6.70. The molecule has 20 heavy (non-hydrogen) atoms. The van der Waals surface area contributed by atoms with E-state index in [-0.39, 0.29) is 24.8 Å². The lowest BCUT2D eigenvalue weighted by Gasteiger charge is -2.33. The van der Waals surface area contributed by atoms with Gasteiger partial charge in [-0.05, 0) is 24.5 Å². The van der Waals surface area contributed by atoms with Gasteiger partial charge in [-0.1, -0.05) is 31.2 Å². The molecule has 1 fully saturated rings. The number of piperazine rings is 1. The number of carbonyl (C=O) groups excluding carboxylic acids is 3. The molecule has 0 radical (unpaired) electrons. The summed E-state index contributed by atoms with van der Waals surface area (Å²) >= 11 is 0. The van der Waals surface area contributed by atoms with Gasteiger partial charge < -0.3 is 4.90 Å². The molecule has 106 valence electrons. The number of carbonyl (C=O) groups is 3. The molecule has 0 aromatic heterocycles. The number of aryl methyl sites for hydroxylation is 1. The number of imide groups is 1. The number of hydrogen-bond donors (Lipinski definition) is 1. The predicted molar refractivity (Wildman–Crippen MR) is 73.8 cm³/mol. The summed E-state index contributed by atoms with van der Waals surface area (Å²) in [6.45, 7) is 3.72. The van der Waals surface area contributed by atoms with Crippen molar-refractivity contribution < 1.29 is 14.4 Å². The molecule has 0 saturated carbocycles. The average molecular weight is 274 g/mol. The van der Waals surface area contributed by atoms with Crippen LogP contribution in [0.3, 0.4) is 0 Å². The number of nitrogens with zero attached hydrogens (tertiary/aromatic N) is 1. The first-order valence-electron chi connectivity index (χ1n) is 6.70. The van der Waals surface area contributed by atoms with Gasteiger partial charge in [0, 0.05) is 0 Å². The molecule has 5 nitrogen and oxygen atoms in total. The van der Waals surface area contributed by atoms with Crippen molar-refractivity contribution in [3.63, 3.8) is 0 Å². The van der Waals surface area contributed by atoms with Crippen LogP contribution < -0.4 is 5.32 Å². The molecule has 1 aliphatic heterocycles. The molecule has 3 amide bonds. The summed E-state index contributed by atoms with van der Waals surface area (Å²) in [6.07, 6.45) is 0.711. The molecule has 2 rings (SSSR count). The normalized spacial score (nSPS) is 18.9. The molecule has 1 unspecified atom stereocenters. The van der Waals surface area contributed by atoms with E-state index in [0.717, 1.165) is 11.1 Å². The maximum absolute atomic E-state index is 12.4. The van der Waals surface area contributed by atoms with Crippen LogP contribution in [-0.2, 0) is 20.8 Å². The summed E-state index contributed by atoms with van der Waals surface area (Å²) in [5.74, 6) is -0.992. The predicted octanol–water partition coefficient (Wildman–Crippen LogP) is 0.801. The minimum atomic E-state index is -0.552. The smallest absolute Gasteiger partial charge is 0.249 e. The maximum Gasteiger partial charge on any atom is 0.249 e. The molecule has 0 aliphatic carbocycles. The highest BCUT2D eigenvalue weighted by Gasteiger charge is 2.35. The third-order valence-corrected chi connectivity index (χ3v) is 3.57. The van der Waals surface area contributed by atoms with Gasteiger partial charge in [0.1, 0.15) is 12.6 Å². The van der Waals surface area contributed by atoms with E-state index in [9.17, 15) is 14.4 Å². The molecule has 1 aromatic carbocycles. The lowest BCUT2D eigenvalue weighted by atomic mass is 10.0. The third kappa shape index (κ3) is 2.87. The van der Waals surface area contributed by atoms with E-state index in [1.54, 1.807) is 0 Å². The highest BCUT2D eigenvalue weighted by atomic mass is 16.2. The molecular weight excluding hydrogens is 256 g/mol. The van der Waals surface area contributed by atoms with Crippen LogP contribution in [0.25, 0.3) is 0 Å². The number of nitrogens with one attached hydrogen (secondary N) is 1. The molecule has 1 heterocycles. The van der Waals surface area contributed by atoms with Crippen LogP contribution in [0.5, 0.6) is 0 Å². The zero-order chi connectivity index (χ0) is 14.7. The molecule has 1 N–H and O–H groups in total. The maximum atomic E-state index is 12.4. The third-order valence-electron chi connectivity index (χ3n) is 3.57. The van der Waals surface area contributed by atoms with E-state index < -0.39 is 11.9 Å². The summed E-state index contributed by atoms with van der Waals surface area (Å²) in [5.41, 5.74) is 1.95. The van der Waals surface area contributed by atoms with Gasteiger partial charge in [-0.2, -0.15) is 0 Å². The van der Waals surface area contributed by atoms with Crippen LogP contribution in [0, 0.1) is 6.92 Å². The Morgan fingerprint density at radius 3 is 2.70 bits per heavy atom. The minimum Gasteiger partial charge on any atom is -0.321 e. The Hall–Kier alpha value is -2.17. The van der Waals surface area contributed by atoms with Crippen molar-refractivity contribution in [3.8, 4) is 0 Å². The Bertz CT molecular complexity index is 554. The quantitative estimate of drug-likeness (QED) is 0.829. The van der Waals surface area contributed by atoms with Gasteiger partial charge in [-0.25, -0.2) is 0 Å². The second-order valence-corrected chi connectivity index (χ2v) is 4.96. The van der Waals surface area contributed by atoms with Crippen LogP contribution in [0.1, 0.15) is 24.5 Å². The van der Waals surface area contributed by atoms with Crippen molar-refractivity contribution in [1.29, 1.82) is 0 Å². The largest absolute Gasteiger partial charge is 0.321 e. The van der Waals surface area contributed by atoms with Crippen molar-refractivity contribution in [3.05, 3.63) is 35.4 Å². The van der Waals surface area contributed by atoms with E-state index in [2.05, 4.69) is 5.32 Å².